The van der Waals surface area contributed by atoms with Crippen molar-refractivity contribution < 1.29 is 4.79 Å². The zero-order valence-electron chi connectivity index (χ0n) is 13.2. The Morgan fingerprint density at radius 1 is 1.43 bits per heavy atom. The summed E-state index contributed by atoms with van der Waals surface area (Å²) in [6.45, 7) is 7.24. The van der Waals surface area contributed by atoms with Crippen LogP contribution < -0.4 is 15.8 Å². The molecule has 0 saturated carbocycles. The normalized spacial score (nSPS) is 19.4. The molecule has 116 valence electrons. The van der Waals surface area contributed by atoms with Crippen molar-refractivity contribution in [1.29, 1.82) is 0 Å². The number of nitrogens with zero attached hydrogens (tertiary/aromatic N) is 3. The second kappa shape index (κ2) is 5.87. The average Bonchev–Trinajstić information content (AvgIpc) is 2.40. The first-order valence-electron chi connectivity index (χ1n) is 7.36. The molecule has 1 N–H and O–H groups in total. The molecule has 6 nitrogen and oxygen atoms in total. The number of nitrogens with one attached hydrogen (secondary N) is 1. The Hall–Kier alpha value is -1.85. The van der Waals surface area contributed by atoms with Gasteiger partial charge in [-0.3, -0.25) is 9.59 Å². The predicted octanol–water partition coefficient (Wildman–Crippen LogP) is 0.911. The molecule has 1 aliphatic heterocycles. The summed E-state index contributed by atoms with van der Waals surface area (Å²) in [6.07, 6.45) is 5.00. The number of aromatic nitrogens is 2. The SMILES string of the molecule is Cn1ccnc(N2CCCC(C(=O)NC(C)(C)C)C2)c1=O. The molecule has 0 radical (unpaired) electrons. The molecule has 0 bridgehead atoms. The molecule has 1 unspecified atom stereocenters. The van der Waals surface area contributed by atoms with Gasteiger partial charge in [-0.25, -0.2) is 4.98 Å². The van der Waals surface area contributed by atoms with E-state index in [-0.39, 0.29) is 22.9 Å². The van der Waals surface area contributed by atoms with E-state index in [1.807, 2.05) is 25.7 Å². The monoisotopic (exact) mass is 292 g/mol. The number of hydrogen-bond donors (Lipinski definition) is 1. The van der Waals surface area contributed by atoms with E-state index in [9.17, 15) is 9.59 Å². The van der Waals surface area contributed by atoms with Crippen LogP contribution in [0.4, 0.5) is 5.82 Å². The van der Waals surface area contributed by atoms with E-state index in [0.29, 0.717) is 12.4 Å². The molecule has 0 aliphatic carbocycles. The standard InChI is InChI=1S/C15H24N4O2/c1-15(2,3)17-13(20)11-6-5-8-19(10-11)12-14(21)18(4)9-7-16-12/h7,9,11H,5-6,8,10H2,1-4H3,(H,17,20). The zero-order chi connectivity index (χ0) is 15.6. The fraction of sp³-hybridized carbons (Fsp3) is 0.667. The Labute approximate surface area is 125 Å². The van der Waals surface area contributed by atoms with E-state index in [1.54, 1.807) is 19.4 Å². The van der Waals surface area contributed by atoms with Gasteiger partial charge in [0.25, 0.3) is 5.56 Å². The van der Waals surface area contributed by atoms with Crippen molar-refractivity contribution in [3.8, 4) is 0 Å². The van der Waals surface area contributed by atoms with Crippen LogP contribution in [0.2, 0.25) is 0 Å². The molecular weight excluding hydrogens is 268 g/mol. The lowest BCUT2D eigenvalue weighted by Crippen LogP contribution is -2.49. The van der Waals surface area contributed by atoms with E-state index >= 15 is 0 Å². The smallest absolute Gasteiger partial charge is 0.293 e. The third-order valence-corrected chi connectivity index (χ3v) is 3.59. The third kappa shape index (κ3) is 3.83. The number of carbonyl (C=O) groups excluding carboxylic acids is 1. The van der Waals surface area contributed by atoms with Crippen LogP contribution in [0.15, 0.2) is 17.2 Å². The molecule has 21 heavy (non-hydrogen) atoms. The van der Waals surface area contributed by atoms with Gasteiger partial charge in [0.1, 0.15) is 0 Å². The van der Waals surface area contributed by atoms with Gasteiger partial charge in [0, 0.05) is 38.1 Å². The van der Waals surface area contributed by atoms with Crippen LogP contribution in [0.25, 0.3) is 0 Å². The van der Waals surface area contributed by atoms with Crippen LogP contribution in [0.1, 0.15) is 33.6 Å². The molecular formula is C15H24N4O2. The predicted molar refractivity (Wildman–Crippen MR) is 82.3 cm³/mol. The zero-order valence-corrected chi connectivity index (χ0v) is 13.2. The maximum Gasteiger partial charge on any atom is 0.293 e. The third-order valence-electron chi connectivity index (χ3n) is 3.59. The van der Waals surface area contributed by atoms with Crippen LogP contribution in [0.5, 0.6) is 0 Å². The van der Waals surface area contributed by atoms with Crippen LogP contribution in [-0.2, 0) is 11.8 Å². The van der Waals surface area contributed by atoms with Gasteiger partial charge in [-0.05, 0) is 33.6 Å². The van der Waals surface area contributed by atoms with Crippen molar-refractivity contribution in [2.24, 2.45) is 13.0 Å². The molecule has 1 aromatic rings. The van der Waals surface area contributed by atoms with Crippen molar-refractivity contribution in [3.05, 3.63) is 22.7 Å². The minimum atomic E-state index is -0.236. The average molecular weight is 292 g/mol. The number of anilines is 1. The first kappa shape index (κ1) is 15.5. The lowest BCUT2D eigenvalue weighted by molar-refractivity contribution is -0.126. The summed E-state index contributed by atoms with van der Waals surface area (Å²) in [5.41, 5.74) is -0.352. The van der Waals surface area contributed by atoms with E-state index in [2.05, 4.69) is 10.3 Å². The van der Waals surface area contributed by atoms with E-state index < -0.39 is 0 Å². The second-order valence-electron chi connectivity index (χ2n) is 6.69. The number of hydrogen-bond acceptors (Lipinski definition) is 4. The lowest BCUT2D eigenvalue weighted by atomic mass is 9.95. The highest BCUT2D eigenvalue weighted by atomic mass is 16.2. The van der Waals surface area contributed by atoms with Crippen molar-refractivity contribution in [2.45, 2.75) is 39.2 Å². The molecule has 2 heterocycles. The topological polar surface area (TPSA) is 67.2 Å². The molecule has 1 amide bonds. The van der Waals surface area contributed by atoms with Crippen LogP contribution >= 0.6 is 0 Å². The number of amides is 1. The molecule has 2 rings (SSSR count). The summed E-state index contributed by atoms with van der Waals surface area (Å²) < 4.78 is 1.52. The van der Waals surface area contributed by atoms with Gasteiger partial charge in [-0.1, -0.05) is 0 Å². The first-order valence-corrected chi connectivity index (χ1v) is 7.36. The summed E-state index contributed by atoms with van der Waals surface area (Å²) in [4.78, 5) is 30.6. The largest absolute Gasteiger partial charge is 0.351 e. The second-order valence-corrected chi connectivity index (χ2v) is 6.69. The number of rotatable bonds is 2. The summed E-state index contributed by atoms with van der Waals surface area (Å²) >= 11 is 0. The van der Waals surface area contributed by atoms with E-state index in [0.717, 1.165) is 19.4 Å². The van der Waals surface area contributed by atoms with Gasteiger partial charge in [0.2, 0.25) is 5.91 Å². The van der Waals surface area contributed by atoms with Gasteiger partial charge in [-0.15, -0.1) is 0 Å². The van der Waals surface area contributed by atoms with Crippen molar-refractivity contribution in [2.75, 3.05) is 18.0 Å². The molecule has 1 atom stereocenters. The maximum absolute atomic E-state index is 12.3. The molecule has 1 fully saturated rings. The summed E-state index contributed by atoms with van der Waals surface area (Å²) in [5.74, 6) is 0.401. The maximum atomic E-state index is 12.3. The van der Waals surface area contributed by atoms with Crippen LogP contribution in [0.3, 0.4) is 0 Å². The Morgan fingerprint density at radius 3 is 2.81 bits per heavy atom. The Kier molecular flexibility index (Phi) is 4.34. The van der Waals surface area contributed by atoms with Gasteiger partial charge in [0.15, 0.2) is 5.82 Å². The molecule has 1 aromatic heterocycles. The Bertz CT molecular complexity index is 574. The van der Waals surface area contributed by atoms with Crippen molar-refractivity contribution >= 4 is 11.7 Å². The highest BCUT2D eigenvalue weighted by Gasteiger charge is 2.29. The number of carbonyl (C=O) groups is 1. The summed E-state index contributed by atoms with van der Waals surface area (Å²) in [7, 11) is 1.71. The van der Waals surface area contributed by atoms with Gasteiger partial charge < -0.3 is 14.8 Å². The molecule has 6 heteroatoms. The van der Waals surface area contributed by atoms with Gasteiger partial charge in [0.05, 0.1) is 5.92 Å². The number of aryl methyl sites for hydroxylation is 1. The quantitative estimate of drug-likeness (QED) is 0.880. The van der Waals surface area contributed by atoms with Crippen molar-refractivity contribution in [1.82, 2.24) is 14.9 Å². The van der Waals surface area contributed by atoms with E-state index in [4.69, 9.17) is 0 Å². The van der Waals surface area contributed by atoms with Gasteiger partial charge in [-0.2, -0.15) is 0 Å². The Morgan fingerprint density at radius 2 is 2.14 bits per heavy atom. The van der Waals surface area contributed by atoms with Crippen LogP contribution in [0, 0.1) is 5.92 Å². The fourth-order valence-corrected chi connectivity index (χ4v) is 2.56. The van der Waals surface area contributed by atoms with E-state index in [1.165, 1.54) is 4.57 Å². The highest BCUT2D eigenvalue weighted by Crippen LogP contribution is 2.20. The summed E-state index contributed by atoms with van der Waals surface area (Å²) in [6, 6.07) is 0. The van der Waals surface area contributed by atoms with Crippen LogP contribution in [-0.4, -0.2) is 34.1 Å². The Balaban J connectivity index is 2.12. The first-order chi connectivity index (χ1) is 9.78. The summed E-state index contributed by atoms with van der Waals surface area (Å²) in [5, 5.41) is 3.02. The van der Waals surface area contributed by atoms with Gasteiger partial charge >= 0.3 is 0 Å². The molecule has 1 saturated heterocycles. The minimum Gasteiger partial charge on any atom is -0.351 e. The fourth-order valence-electron chi connectivity index (χ4n) is 2.56. The highest BCUT2D eigenvalue weighted by molar-refractivity contribution is 5.80. The molecule has 0 aromatic carbocycles. The molecule has 1 aliphatic rings. The van der Waals surface area contributed by atoms with Crippen molar-refractivity contribution in [3.63, 3.8) is 0 Å². The lowest BCUT2D eigenvalue weighted by Gasteiger charge is -2.34. The molecule has 0 spiro atoms. The minimum absolute atomic E-state index is 0.0555. The number of piperidine rings is 1.